The molecule has 150 valence electrons. The van der Waals surface area contributed by atoms with E-state index in [-0.39, 0.29) is 24.2 Å². The molecule has 1 aliphatic rings. The number of aromatic nitrogens is 2. The van der Waals surface area contributed by atoms with Crippen LogP contribution in [0.1, 0.15) is 37.8 Å². The molecule has 1 saturated heterocycles. The number of aryl methyl sites for hydroxylation is 2. The van der Waals surface area contributed by atoms with Crippen LogP contribution in [0.4, 0.5) is 10.8 Å². The van der Waals surface area contributed by atoms with Crippen LogP contribution in [0.25, 0.3) is 0 Å². The quantitative estimate of drug-likeness (QED) is 0.536. The fourth-order valence-electron chi connectivity index (χ4n) is 2.93. The van der Waals surface area contributed by atoms with Crippen molar-refractivity contribution in [3.63, 3.8) is 0 Å². The van der Waals surface area contributed by atoms with Gasteiger partial charge >= 0.3 is 0 Å². The molecule has 2 heterocycles. The first-order chi connectivity index (χ1) is 13.3. The Hall–Kier alpha value is -1.93. The van der Waals surface area contributed by atoms with E-state index in [0.717, 1.165) is 27.8 Å². The molecule has 1 fully saturated rings. The number of carbonyl (C=O) groups excluding carboxylic acids is 2. The second-order valence-corrected chi connectivity index (χ2v) is 9.89. The van der Waals surface area contributed by atoms with E-state index in [1.807, 2.05) is 32.0 Å². The molecule has 0 bridgehead atoms. The molecule has 2 aromatic rings. The van der Waals surface area contributed by atoms with E-state index in [4.69, 9.17) is 0 Å². The second-order valence-electron chi connectivity index (χ2n) is 7.57. The van der Waals surface area contributed by atoms with E-state index in [2.05, 4.69) is 29.4 Å². The molecule has 1 aromatic heterocycles. The summed E-state index contributed by atoms with van der Waals surface area (Å²) in [5.74, 6) is 1.07. The maximum Gasteiger partial charge on any atom is 0.231 e. The zero-order valence-corrected chi connectivity index (χ0v) is 18.3. The first kappa shape index (κ1) is 20.8. The molecule has 6 nitrogen and oxygen atoms in total. The lowest BCUT2D eigenvalue weighted by atomic mass is 10.1. The van der Waals surface area contributed by atoms with E-state index < -0.39 is 0 Å². The SMILES string of the molecule is Cc1ccc(N2C[C@@H](C(=O)Nc3nnc(SCCC(C)C)s3)CC2=O)cc1C. The minimum atomic E-state index is -0.380. The number of hydrogen-bond acceptors (Lipinski definition) is 6. The summed E-state index contributed by atoms with van der Waals surface area (Å²) in [7, 11) is 0. The summed E-state index contributed by atoms with van der Waals surface area (Å²) in [6.45, 7) is 8.84. The number of amides is 2. The van der Waals surface area contributed by atoms with Gasteiger partial charge in [-0.05, 0) is 49.4 Å². The van der Waals surface area contributed by atoms with E-state index >= 15 is 0 Å². The van der Waals surface area contributed by atoms with Gasteiger partial charge in [-0.15, -0.1) is 10.2 Å². The van der Waals surface area contributed by atoms with Crippen LogP contribution in [0.5, 0.6) is 0 Å². The average Bonchev–Trinajstić information content (AvgIpc) is 3.24. The van der Waals surface area contributed by atoms with E-state index in [9.17, 15) is 9.59 Å². The van der Waals surface area contributed by atoms with Crippen molar-refractivity contribution in [3.05, 3.63) is 29.3 Å². The summed E-state index contributed by atoms with van der Waals surface area (Å²) in [6.07, 6.45) is 1.33. The van der Waals surface area contributed by atoms with Gasteiger partial charge in [0.05, 0.1) is 5.92 Å². The van der Waals surface area contributed by atoms with Gasteiger partial charge in [0, 0.05) is 24.4 Å². The number of benzene rings is 1. The molecule has 0 spiro atoms. The molecule has 0 unspecified atom stereocenters. The Labute approximate surface area is 174 Å². The van der Waals surface area contributed by atoms with Crippen molar-refractivity contribution in [2.45, 2.75) is 44.9 Å². The van der Waals surface area contributed by atoms with Crippen LogP contribution >= 0.6 is 23.1 Å². The predicted molar refractivity (Wildman–Crippen MR) is 115 cm³/mol. The molecule has 0 radical (unpaired) electrons. The zero-order valence-electron chi connectivity index (χ0n) is 16.7. The molecule has 1 atom stereocenters. The van der Waals surface area contributed by atoms with Crippen LogP contribution in [0.15, 0.2) is 22.5 Å². The summed E-state index contributed by atoms with van der Waals surface area (Å²) in [5.41, 5.74) is 3.17. The number of carbonyl (C=O) groups is 2. The van der Waals surface area contributed by atoms with E-state index in [1.54, 1.807) is 16.7 Å². The third-order valence-electron chi connectivity index (χ3n) is 4.86. The second kappa shape index (κ2) is 9.05. The molecule has 2 amide bonds. The third-order valence-corrected chi connectivity index (χ3v) is 6.86. The smallest absolute Gasteiger partial charge is 0.231 e. The molecule has 28 heavy (non-hydrogen) atoms. The number of nitrogens with zero attached hydrogens (tertiary/aromatic N) is 3. The number of thioether (sulfide) groups is 1. The molecule has 0 saturated carbocycles. The molecule has 1 N–H and O–H groups in total. The van der Waals surface area contributed by atoms with Crippen molar-refractivity contribution in [1.29, 1.82) is 0 Å². The number of anilines is 2. The van der Waals surface area contributed by atoms with Crippen molar-refractivity contribution in [3.8, 4) is 0 Å². The lowest BCUT2D eigenvalue weighted by Gasteiger charge is -2.17. The minimum Gasteiger partial charge on any atom is -0.312 e. The first-order valence-electron chi connectivity index (χ1n) is 9.48. The Kier molecular flexibility index (Phi) is 6.72. The highest BCUT2D eigenvalue weighted by molar-refractivity contribution is 8.01. The first-order valence-corrected chi connectivity index (χ1v) is 11.3. The van der Waals surface area contributed by atoms with Gasteiger partial charge in [0.15, 0.2) is 4.34 Å². The fourth-order valence-corrected chi connectivity index (χ4v) is 5.00. The zero-order chi connectivity index (χ0) is 20.3. The molecule has 8 heteroatoms. The number of nitrogens with one attached hydrogen (secondary N) is 1. The highest BCUT2D eigenvalue weighted by atomic mass is 32.2. The van der Waals surface area contributed by atoms with Gasteiger partial charge in [-0.3, -0.25) is 9.59 Å². The topological polar surface area (TPSA) is 75.2 Å². The Morgan fingerprint density at radius 1 is 1.32 bits per heavy atom. The third kappa shape index (κ3) is 5.11. The van der Waals surface area contributed by atoms with Crippen LogP contribution in [0, 0.1) is 25.7 Å². The van der Waals surface area contributed by atoms with Crippen LogP contribution < -0.4 is 10.2 Å². The highest BCUT2D eigenvalue weighted by Crippen LogP contribution is 2.30. The van der Waals surface area contributed by atoms with Crippen molar-refractivity contribution < 1.29 is 9.59 Å². The van der Waals surface area contributed by atoms with Crippen LogP contribution in [-0.2, 0) is 9.59 Å². The largest absolute Gasteiger partial charge is 0.312 e. The van der Waals surface area contributed by atoms with Gasteiger partial charge in [-0.2, -0.15) is 0 Å². The van der Waals surface area contributed by atoms with Crippen molar-refractivity contribution in [1.82, 2.24) is 10.2 Å². The maximum absolute atomic E-state index is 12.6. The van der Waals surface area contributed by atoms with Gasteiger partial charge in [0.2, 0.25) is 16.9 Å². The van der Waals surface area contributed by atoms with Crippen LogP contribution in [-0.4, -0.2) is 34.3 Å². The minimum absolute atomic E-state index is 0.0226. The average molecular weight is 419 g/mol. The van der Waals surface area contributed by atoms with E-state index in [1.165, 1.54) is 16.9 Å². The Bertz CT molecular complexity index is 866. The van der Waals surface area contributed by atoms with Gasteiger partial charge in [0.1, 0.15) is 0 Å². The lowest BCUT2D eigenvalue weighted by Crippen LogP contribution is -2.28. The summed E-state index contributed by atoms with van der Waals surface area (Å²) < 4.78 is 0.857. The van der Waals surface area contributed by atoms with Crippen molar-refractivity contribution in [2.75, 3.05) is 22.5 Å². The molecule has 3 rings (SSSR count). The molecule has 1 aromatic carbocycles. The molecule has 1 aliphatic heterocycles. The van der Waals surface area contributed by atoms with Gasteiger partial charge in [-0.25, -0.2) is 0 Å². The molecular weight excluding hydrogens is 392 g/mol. The standard InChI is InChI=1S/C20H26N4O2S2/c1-12(2)7-8-27-20-23-22-19(28-20)21-18(26)15-10-17(25)24(11-15)16-6-5-13(3)14(4)9-16/h5-6,9,12,15H,7-8,10-11H2,1-4H3,(H,21,22,26)/t15-/m0/s1. The highest BCUT2D eigenvalue weighted by Gasteiger charge is 2.35. The maximum atomic E-state index is 12.6. The normalized spacial score (nSPS) is 16.8. The van der Waals surface area contributed by atoms with Crippen molar-refractivity contribution >= 4 is 45.7 Å². The summed E-state index contributed by atoms with van der Waals surface area (Å²) in [4.78, 5) is 26.7. The van der Waals surface area contributed by atoms with Crippen LogP contribution in [0.2, 0.25) is 0 Å². The van der Waals surface area contributed by atoms with Gasteiger partial charge in [0.25, 0.3) is 0 Å². The van der Waals surface area contributed by atoms with Gasteiger partial charge < -0.3 is 10.2 Å². The lowest BCUT2D eigenvalue weighted by molar-refractivity contribution is -0.122. The van der Waals surface area contributed by atoms with E-state index in [0.29, 0.717) is 17.6 Å². The fraction of sp³-hybridized carbons (Fsp3) is 0.500. The van der Waals surface area contributed by atoms with Crippen LogP contribution in [0.3, 0.4) is 0 Å². The Balaban J connectivity index is 1.57. The molecule has 0 aliphatic carbocycles. The predicted octanol–water partition coefficient (Wildman–Crippen LogP) is 4.28. The molecular formula is C20H26N4O2S2. The summed E-state index contributed by atoms with van der Waals surface area (Å²) in [5, 5.41) is 11.5. The Morgan fingerprint density at radius 3 is 2.82 bits per heavy atom. The summed E-state index contributed by atoms with van der Waals surface area (Å²) in [6, 6.07) is 5.94. The summed E-state index contributed by atoms with van der Waals surface area (Å²) >= 11 is 3.04. The Morgan fingerprint density at radius 2 is 2.11 bits per heavy atom. The number of hydrogen-bond donors (Lipinski definition) is 1. The number of rotatable bonds is 7. The monoisotopic (exact) mass is 418 g/mol. The van der Waals surface area contributed by atoms with Crippen molar-refractivity contribution in [2.24, 2.45) is 11.8 Å². The van der Waals surface area contributed by atoms with Gasteiger partial charge in [-0.1, -0.05) is 43.0 Å².